The number of rotatable bonds is 7. The number of para-hydroxylation sites is 1. The van der Waals surface area contributed by atoms with Crippen LogP contribution >= 0.6 is 11.8 Å². The number of hydrogen-bond donors (Lipinski definition) is 0. The molecule has 1 aromatic heterocycles. The van der Waals surface area contributed by atoms with Crippen molar-refractivity contribution < 1.29 is 4.74 Å². The fraction of sp³-hybridized carbons (Fsp3) is 0.0870. The van der Waals surface area contributed by atoms with Crippen LogP contribution in [0.2, 0.25) is 0 Å². The second-order valence-electron chi connectivity index (χ2n) is 6.46. The highest BCUT2D eigenvalue weighted by Gasteiger charge is 2.05. The van der Waals surface area contributed by atoms with Crippen molar-refractivity contribution in [3.8, 4) is 11.5 Å². The van der Waals surface area contributed by atoms with E-state index in [4.69, 9.17) is 4.74 Å². The molecule has 0 unspecified atom stereocenters. The predicted octanol–water partition coefficient (Wildman–Crippen LogP) is 5.55. The summed E-state index contributed by atoms with van der Waals surface area (Å²) in [5.41, 5.74) is 3.43. The highest BCUT2D eigenvalue weighted by Crippen LogP contribution is 2.22. The number of aromatic nitrogens is 3. The minimum Gasteiger partial charge on any atom is -0.457 e. The summed E-state index contributed by atoms with van der Waals surface area (Å²) in [7, 11) is 0. The van der Waals surface area contributed by atoms with Crippen LogP contribution in [0.5, 0.6) is 11.5 Å². The molecule has 3 aromatic carbocycles. The molecule has 0 N–H and O–H groups in total. The van der Waals surface area contributed by atoms with Gasteiger partial charge in [0.05, 0.1) is 6.21 Å². The molecule has 0 atom stereocenters. The van der Waals surface area contributed by atoms with Gasteiger partial charge in [-0.2, -0.15) is 9.78 Å². The van der Waals surface area contributed by atoms with Crippen LogP contribution in [0.3, 0.4) is 0 Å². The number of benzene rings is 3. The second kappa shape index (κ2) is 9.21. The summed E-state index contributed by atoms with van der Waals surface area (Å²) in [6, 6.07) is 26.0. The van der Waals surface area contributed by atoms with E-state index < -0.39 is 0 Å². The monoisotopic (exact) mass is 400 g/mol. The Morgan fingerprint density at radius 1 is 0.966 bits per heavy atom. The second-order valence-corrected chi connectivity index (χ2v) is 7.41. The van der Waals surface area contributed by atoms with Crippen LogP contribution in [0.15, 0.2) is 95.4 Å². The number of aryl methyl sites for hydroxylation is 1. The minimum absolute atomic E-state index is 0.749. The van der Waals surface area contributed by atoms with Gasteiger partial charge in [0.25, 0.3) is 0 Å². The van der Waals surface area contributed by atoms with Gasteiger partial charge in [0.15, 0.2) is 0 Å². The highest BCUT2D eigenvalue weighted by atomic mass is 32.2. The van der Waals surface area contributed by atoms with Crippen molar-refractivity contribution in [3.63, 3.8) is 0 Å². The molecule has 0 saturated carbocycles. The smallest absolute Gasteiger partial charge is 0.212 e. The molecular weight excluding hydrogens is 380 g/mol. The van der Waals surface area contributed by atoms with Gasteiger partial charge in [-0.3, -0.25) is 0 Å². The minimum atomic E-state index is 0.749. The summed E-state index contributed by atoms with van der Waals surface area (Å²) in [6.45, 7) is 2.09. The quantitative estimate of drug-likeness (QED) is 0.301. The van der Waals surface area contributed by atoms with Crippen LogP contribution in [-0.2, 0) is 5.75 Å². The fourth-order valence-electron chi connectivity index (χ4n) is 2.64. The Hall–Kier alpha value is -3.38. The van der Waals surface area contributed by atoms with Gasteiger partial charge in [0, 0.05) is 5.75 Å². The molecule has 1 heterocycles. The van der Waals surface area contributed by atoms with Gasteiger partial charge in [0.2, 0.25) is 5.16 Å². The third kappa shape index (κ3) is 5.33. The lowest BCUT2D eigenvalue weighted by Gasteiger charge is -2.06. The molecule has 144 valence electrons. The molecule has 0 amide bonds. The Bertz CT molecular complexity index is 1090. The number of ether oxygens (including phenoxy) is 1. The van der Waals surface area contributed by atoms with Crippen molar-refractivity contribution >= 4 is 18.0 Å². The molecule has 5 nitrogen and oxygen atoms in total. The third-order valence-corrected chi connectivity index (χ3v) is 5.16. The maximum Gasteiger partial charge on any atom is 0.212 e. The van der Waals surface area contributed by atoms with Gasteiger partial charge in [-0.25, -0.2) is 0 Å². The van der Waals surface area contributed by atoms with Gasteiger partial charge >= 0.3 is 0 Å². The van der Waals surface area contributed by atoms with E-state index in [1.807, 2.05) is 54.6 Å². The SMILES string of the molecule is Cc1ccc(CSc2nncn2/N=C/c2cccc(Oc3ccccc3)c2)cc1. The summed E-state index contributed by atoms with van der Waals surface area (Å²) in [6.07, 6.45) is 3.38. The first-order valence-electron chi connectivity index (χ1n) is 9.22. The molecule has 4 aromatic rings. The average Bonchev–Trinajstić information content (AvgIpc) is 3.20. The molecular formula is C23H20N4OS. The number of nitrogens with zero attached hydrogens (tertiary/aromatic N) is 4. The maximum absolute atomic E-state index is 5.88. The van der Waals surface area contributed by atoms with E-state index in [0.717, 1.165) is 28.0 Å². The normalized spacial score (nSPS) is 11.1. The summed E-state index contributed by atoms with van der Waals surface area (Å²) in [5.74, 6) is 2.38. The van der Waals surface area contributed by atoms with Gasteiger partial charge < -0.3 is 4.74 Å². The summed E-state index contributed by atoms with van der Waals surface area (Å²) in [4.78, 5) is 0. The number of thioether (sulfide) groups is 1. The Balaban J connectivity index is 1.42. The standard InChI is InChI=1S/C23H20N4OS/c1-18-10-12-19(13-11-18)16-29-23-26-24-17-27(23)25-15-20-6-5-9-22(14-20)28-21-7-3-2-4-8-21/h2-15,17H,16H2,1H3/b25-15+. The zero-order valence-corrected chi connectivity index (χ0v) is 16.8. The lowest BCUT2D eigenvalue weighted by molar-refractivity contribution is 0.482. The topological polar surface area (TPSA) is 52.3 Å². The van der Waals surface area contributed by atoms with Crippen LogP contribution in [0.1, 0.15) is 16.7 Å². The molecule has 0 radical (unpaired) electrons. The van der Waals surface area contributed by atoms with Gasteiger partial charge in [0.1, 0.15) is 17.8 Å². The number of hydrogen-bond acceptors (Lipinski definition) is 5. The van der Waals surface area contributed by atoms with E-state index in [9.17, 15) is 0 Å². The van der Waals surface area contributed by atoms with Crippen molar-refractivity contribution in [1.82, 2.24) is 14.9 Å². The van der Waals surface area contributed by atoms with E-state index >= 15 is 0 Å². The lowest BCUT2D eigenvalue weighted by atomic mass is 10.2. The maximum atomic E-state index is 5.88. The van der Waals surface area contributed by atoms with E-state index in [1.54, 1.807) is 29.0 Å². The Labute approximate surface area is 174 Å². The largest absolute Gasteiger partial charge is 0.457 e. The molecule has 0 bridgehead atoms. The zero-order chi connectivity index (χ0) is 19.9. The van der Waals surface area contributed by atoms with E-state index in [0.29, 0.717) is 0 Å². The first kappa shape index (κ1) is 19.0. The van der Waals surface area contributed by atoms with Crippen molar-refractivity contribution in [3.05, 3.63) is 102 Å². The summed E-state index contributed by atoms with van der Waals surface area (Å²) in [5, 5.41) is 13.4. The molecule has 29 heavy (non-hydrogen) atoms. The van der Waals surface area contributed by atoms with Gasteiger partial charge in [-0.1, -0.05) is 71.9 Å². The van der Waals surface area contributed by atoms with Gasteiger partial charge in [-0.15, -0.1) is 10.2 Å². The highest BCUT2D eigenvalue weighted by molar-refractivity contribution is 7.98. The summed E-state index contributed by atoms with van der Waals surface area (Å²) < 4.78 is 7.56. The molecule has 0 fully saturated rings. The lowest BCUT2D eigenvalue weighted by Crippen LogP contribution is -1.93. The first-order chi connectivity index (χ1) is 14.3. The van der Waals surface area contributed by atoms with E-state index in [1.165, 1.54) is 11.1 Å². The Morgan fingerprint density at radius 2 is 1.76 bits per heavy atom. The zero-order valence-electron chi connectivity index (χ0n) is 16.0. The van der Waals surface area contributed by atoms with Crippen molar-refractivity contribution in [1.29, 1.82) is 0 Å². The summed E-state index contributed by atoms with van der Waals surface area (Å²) >= 11 is 1.60. The Morgan fingerprint density at radius 3 is 2.59 bits per heavy atom. The first-order valence-corrected chi connectivity index (χ1v) is 10.2. The van der Waals surface area contributed by atoms with Crippen LogP contribution in [0.4, 0.5) is 0 Å². The fourth-order valence-corrected chi connectivity index (χ4v) is 3.46. The van der Waals surface area contributed by atoms with Crippen molar-refractivity contribution in [2.45, 2.75) is 17.8 Å². The van der Waals surface area contributed by atoms with Crippen molar-refractivity contribution in [2.75, 3.05) is 0 Å². The molecule has 0 spiro atoms. The van der Waals surface area contributed by atoms with Crippen LogP contribution in [0, 0.1) is 6.92 Å². The van der Waals surface area contributed by atoms with Crippen molar-refractivity contribution in [2.24, 2.45) is 5.10 Å². The molecule has 0 aliphatic carbocycles. The molecule has 4 rings (SSSR count). The van der Waals surface area contributed by atoms with Crippen LogP contribution in [0.25, 0.3) is 0 Å². The molecule has 0 aliphatic rings. The molecule has 0 aliphatic heterocycles. The van der Waals surface area contributed by atoms with E-state index in [2.05, 4.69) is 46.5 Å². The van der Waals surface area contributed by atoms with Gasteiger partial charge in [-0.05, 0) is 42.3 Å². The van der Waals surface area contributed by atoms with Crippen LogP contribution in [-0.4, -0.2) is 21.1 Å². The molecule has 6 heteroatoms. The third-order valence-electron chi connectivity index (χ3n) is 4.16. The Kier molecular flexibility index (Phi) is 6.02. The van der Waals surface area contributed by atoms with Crippen LogP contribution < -0.4 is 4.74 Å². The average molecular weight is 401 g/mol. The van der Waals surface area contributed by atoms with E-state index in [-0.39, 0.29) is 0 Å². The molecule has 0 saturated heterocycles. The predicted molar refractivity (Wildman–Crippen MR) is 117 cm³/mol.